The average molecular weight is 467 g/mol. The van der Waals surface area contributed by atoms with E-state index in [2.05, 4.69) is 20.4 Å². The molecule has 2 aliphatic rings. The number of carbonyl (C=O) groups excluding carboxylic acids is 3. The number of nitrogens with one attached hydrogen (secondary N) is 1. The van der Waals surface area contributed by atoms with Crippen LogP contribution in [0.15, 0.2) is 46.8 Å². The van der Waals surface area contributed by atoms with Crippen molar-refractivity contribution in [2.45, 2.75) is 4.34 Å². The van der Waals surface area contributed by atoms with Crippen LogP contribution >= 0.6 is 23.1 Å². The Morgan fingerprint density at radius 1 is 1.00 bits per heavy atom. The minimum absolute atomic E-state index is 0.157. The maximum Gasteiger partial charge on any atom is 0.234 e. The molecule has 1 aliphatic heterocycles. The van der Waals surface area contributed by atoms with E-state index >= 15 is 0 Å². The maximum atomic E-state index is 12.8. The van der Waals surface area contributed by atoms with E-state index in [1.807, 2.05) is 0 Å². The molecule has 3 aromatic rings. The molecule has 1 amide bonds. The lowest BCUT2D eigenvalue weighted by molar-refractivity contribution is -0.113. The van der Waals surface area contributed by atoms with Crippen LogP contribution < -0.4 is 10.2 Å². The number of aromatic nitrogens is 2. The summed E-state index contributed by atoms with van der Waals surface area (Å²) in [5, 5.41) is 12.0. The van der Waals surface area contributed by atoms with Crippen molar-refractivity contribution < 1.29 is 19.1 Å². The highest BCUT2D eigenvalue weighted by atomic mass is 32.2. The first-order valence-corrected chi connectivity index (χ1v) is 11.8. The van der Waals surface area contributed by atoms with Crippen LogP contribution in [0.5, 0.6) is 0 Å². The number of benzene rings is 2. The number of ketones is 2. The van der Waals surface area contributed by atoms with Crippen molar-refractivity contribution in [3.63, 3.8) is 0 Å². The quantitative estimate of drug-likeness (QED) is 0.448. The van der Waals surface area contributed by atoms with Gasteiger partial charge in [0.1, 0.15) is 0 Å². The van der Waals surface area contributed by atoms with E-state index < -0.39 is 0 Å². The second-order valence-electron chi connectivity index (χ2n) is 7.25. The maximum absolute atomic E-state index is 12.8. The smallest absolute Gasteiger partial charge is 0.234 e. The second kappa shape index (κ2) is 8.81. The lowest BCUT2D eigenvalue weighted by Crippen LogP contribution is -2.36. The molecule has 0 spiro atoms. The number of carbonyl (C=O) groups is 3. The van der Waals surface area contributed by atoms with Crippen LogP contribution in [0, 0.1) is 0 Å². The van der Waals surface area contributed by atoms with Gasteiger partial charge in [0.25, 0.3) is 0 Å². The van der Waals surface area contributed by atoms with Crippen molar-refractivity contribution in [3.05, 3.63) is 64.7 Å². The number of amides is 1. The van der Waals surface area contributed by atoms with Crippen molar-refractivity contribution in [2.24, 2.45) is 0 Å². The number of hydrogen-bond acceptors (Lipinski definition) is 9. The molecule has 0 radical (unpaired) electrons. The molecular formula is C22H18N4O4S2. The molecule has 0 atom stereocenters. The van der Waals surface area contributed by atoms with Gasteiger partial charge in [0.15, 0.2) is 15.9 Å². The van der Waals surface area contributed by atoms with Gasteiger partial charge in [-0.1, -0.05) is 47.4 Å². The largest absolute Gasteiger partial charge is 0.378 e. The molecule has 10 heteroatoms. The van der Waals surface area contributed by atoms with Gasteiger partial charge in [0.05, 0.1) is 19.0 Å². The summed E-state index contributed by atoms with van der Waals surface area (Å²) in [4.78, 5) is 40.1. The molecule has 1 fully saturated rings. The number of ether oxygens (including phenoxy) is 1. The summed E-state index contributed by atoms with van der Waals surface area (Å²) >= 11 is 2.76. The van der Waals surface area contributed by atoms with Crippen LogP contribution in [0.1, 0.15) is 31.8 Å². The van der Waals surface area contributed by atoms with Gasteiger partial charge in [-0.3, -0.25) is 14.4 Å². The molecule has 0 bridgehead atoms. The van der Waals surface area contributed by atoms with Crippen LogP contribution in [0.25, 0.3) is 0 Å². The van der Waals surface area contributed by atoms with Crippen molar-refractivity contribution in [3.8, 4) is 0 Å². The molecule has 5 rings (SSSR count). The molecule has 162 valence electrons. The Kier molecular flexibility index (Phi) is 5.73. The molecular weight excluding hydrogens is 448 g/mol. The molecule has 1 aliphatic carbocycles. The van der Waals surface area contributed by atoms with Crippen LogP contribution in [0.2, 0.25) is 0 Å². The Morgan fingerprint density at radius 2 is 1.69 bits per heavy atom. The zero-order valence-corrected chi connectivity index (χ0v) is 18.5. The Morgan fingerprint density at radius 3 is 2.44 bits per heavy atom. The Balaban J connectivity index is 1.23. The molecule has 0 unspecified atom stereocenters. The fourth-order valence-corrected chi connectivity index (χ4v) is 5.34. The van der Waals surface area contributed by atoms with Gasteiger partial charge in [-0.15, -0.1) is 10.2 Å². The topological polar surface area (TPSA) is 101 Å². The van der Waals surface area contributed by atoms with E-state index in [1.165, 1.54) is 23.1 Å². The van der Waals surface area contributed by atoms with E-state index in [9.17, 15) is 14.4 Å². The Hall–Kier alpha value is -3.08. The summed E-state index contributed by atoms with van der Waals surface area (Å²) < 4.78 is 6.06. The molecule has 0 saturated carbocycles. The molecule has 1 N–H and O–H groups in total. The van der Waals surface area contributed by atoms with Crippen molar-refractivity contribution in [1.82, 2.24) is 10.2 Å². The lowest BCUT2D eigenvalue weighted by atomic mass is 9.84. The third-order valence-corrected chi connectivity index (χ3v) is 7.33. The average Bonchev–Trinajstić information content (AvgIpc) is 3.31. The van der Waals surface area contributed by atoms with Crippen LogP contribution in [0.3, 0.4) is 0 Å². The highest BCUT2D eigenvalue weighted by Crippen LogP contribution is 2.30. The molecule has 2 aromatic carbocycles. The predicted octanol–water partition coefficient (Wildman–Crippen LogP) is 2.88. The Bertz CT molecular complexity index is 1220. The summed E-state index contributed by atoms with van der Waals surface area (Å²) in [5.41, 5.74) is 1.92. The molecule has 1 aromatic heterocycles. The standard InChI is InChI=1S/C22H18N4O4S2/c27-18(12-31-22-25-24-21(32-22)26-7-9-30-10-8-26)23-13-5-6-16-17(11-13)20(29)15-4-2-1-3-14(15)19(16)28/h1-6,11H,7-10,12H2,(H,23,27). The van der Waals surface area contributed by atoms with Crippen LogP contribution in [-0.2, 0) is 9.53 Å². The van der Waals surface area contributed by atoms with E-state index in [0.717, 1.165) is 18.2 Å². The molecule has 2 heterocycles. The van der Waals surface area contributed by atoms with Gasteiger partial charge < -0.3 is 15.0 Å². The van der Waals surface area contributed by atoms with E-state index in [0.29, 0.717) is 45.5 Å². The minimum Gasteiger partial charge on any atom is -0.378 e. The number of thioether (sulfide) groups is 1. The van der Waals surface area contributed by atoms with Gasteiger partial charge >= 0.3 is 0 Å². The SMILES string of the molecule is O=C(CSc1nnc(N2CCOCC2)s1)Nc1ccc2c(c1)C(=O)c1ccccc1C2=O. The first-order chi connectivity index (χ1) is 15.6. The number of morpholine rings is 1. The van der Waals surface area contributed by atoms with Crippen molar-refractivity contribution in [1.29, 1.82) is 0 Å². The summed E-state index contributed by atoms with van der Waals surface area (Å²) in [5.74, 6) is -0.473. The fourth-order valence-electron chi connectivity index (χ4n) is 3.64. The molecule has 1 saturated heterocycles. The van der Waals surface area contributed by atoms with Gasteiger partial charge in [0, 0.05) is 41.0 Å². The first-order valence-electron chi connectivity index (χ1n) is 10.0. The predicted molar refractivity (Wildman–Crippen MR) is 122 cm³/mol. The van der Waals surface area contributed by atoms with Gasteiger partial charge in [-0.25, -0.2) is 0 Å². The van der Waals surface area contributed by atoms with Crippen molar-refractivity contribution >= 4 is 51.4 Å². The van der Waals surface area contributed by atoms with Gasteiger partial charge in [-0.05, 0) is 18.2 Å². The first kappa shape index (κ1) is 20.8. The van der Waals surface area contributed by atoms with Crippen molar-refractivity contribution in [2.75, 3.05) is 42.3 Å². The van der Waals surface area contributed by atoms with E-state index in [1.54, 1.807) is 42.5 Å². The zero-order valence-electron chi connectivity index (χ0n) is 16.9. The summed E-state index contributed by atoms with van der Waals surface area (Å²) in [6.45, 7) is 2.91. The second-order valence-corrected chi connectivity index (χ2v) is 9.43. The normalized spacial score (nSPS) is 15.3. The van der Waals surface area contributed by atoms with Gasteiger partial charge in [-0.2, -0.15) is 0 Å². The summed E-state index contributed by atoms with van der Waals surface area (Å²) in [7, 11) is 0. The Labute approximate surface area is 192 Å². The summed E-state index contributed by atoms with van der Waals surface area (Å²) in [6.07, 6.45) is 0. The highest BCUT2D eigenvalue weighted by Gasteiger charge is 2.29. The number of fused-ring (bicyclic) bond motifs is 2. The number of anilines is 2. The third-order valence-electron chi connectivity index (χ3n) is 5.21. The number of rotatable bonds is 5. The van der Waals surface area contributed by atoms with Crippen LogP contribution in [0.4, 0.5) is 10.8 Å². The van der Waals surface area contributed by atoms with Crippen LogP contribution in [-0.4, -0.2) is 59.7 Å². The monoisotopic (exact) mass is 466 g/mol. The number of hydrogen-bond donors (Lipinski definition) is 1. The highest BCUT2D eigenvalue weighted by molar-refractivity contribution is 8.01. The molecule has 32 heavy (non-hydrogen) atoms. The molecule has 8 nitrogen and oxygen atoms in total. The zero-order chi connectivity index (χ0) is 22.1. The van der Waals surface area contributed by atoms with Gasteiger partial charge in [0.2, 0.25) is 11.0 Å². The third kappa shape index (κ3) is 4.04. The van der Waals surface area contributed by atoms with E-state index in [4.69, 9.17) is 4.74 Å². The number of nitrogens with zero attached hydrogens (tertiary/aromatic N) is 3. The van der Waals surface area contributed by atoms with E-state index in [-0.39, 0.29) is 23.2 Å². The lowest BCUT2D eigenvalue weighted by Gasteiger charge is -2.25. The fraction of sp³-hybridized carbons (Fsp3) is 0.227. The minimum atomic E-state index is -0.229. The summed E-state index contributed by atoms with van der Waals surface area (Å²) in [6, 6.07) is 11.6.